The lowest BCUT2D eigenvalue weighted by atomic mass is 10.2. The number of anilines is 1. The number of hydrogen-bond acceptors (Lipinski definition) is 6. The van der Waals surface area contributed by atoms with Crippen LogP contribution in [0, 0.1) is 11.6 Å². The van der Waals surface area contributed by atoms with Gasteiger partial charge in [0.2, 0.25) is 0 Å². The zero-order valence-electron chi connectivity index (χ0n) is 11.5. The second kappa shape index (κ2) is 7.22. The molecule has 114 valence electrons. The second-order valence-corrected chi connectivity index (χ2v) is 3.64. The van der Waals surface area contributed by atoms with E-state index in [0.29, 0.717) is 6.08 Å². The summed E-state index contributed by atoms with van der Waals surface area (Å²) in [5.74, 6) is -4.17. The lowest BCUT2D eigenvalue weighted by Gasteiger charge is -2.12. The maximum Gasteiger partial charge on any atom is 0.354 e. The van der Waals surface area contributed by atoms with Gasteiger partial charge >= 0.3 is 11.9 Å². The Labute approximate surface area is 119 Å². The van der Waals surface area contributed by atoms with Crippen molar-refractivity contribution >= 4 is 17.6 Å². The number of carbonyl (C=O) groups excluding carboxylic acids is 2. The molecule has 0 atom stereocenters. The number of methoxy groups -OCH3 is 3. The van der Waals surface area contributed by atoms with Gasteiger partial charge in [-0.15, -0.1) is 0 Å². The number of ether oxygens (including phenoxy) is 3. The van der Waals surface area contributed by atoms with E-state index in [-0.39, 0.29) is 5.75 Å². The molecule has 0 bridgehead atoms. The normalized spacial score (nSPS) is 10.8. The summed E-state index contributed by atoms with van der Waals surface area (Å²) in [7, 11) is 3.33. The van der Waals surface area contributed by atoms with Crippen LogP contribution in [0.5, 0.6) is 5.75 Å². The molecule has 0 aliphatic heterocycles. The Kier molecular flexibility index (Phi) is 5.65. The number of nitrogens with one attached hydrogen (secondary N) is 1. The van der Waals surface area contributed by atoms with E-state index in [0.717, 1.165) is 26.4 Å². The summed E-state index contributed by atoms with van der Waals surface area (Å²) < 4.78 is 41.1. The molecule has 0 unspecified atom stereocenters. The van der Waals surface area contributed by atoms with Crippen molar-refractivity contribution in [1.82, 2.24) is 0 Å². The maximum atomic E-state index is 14.0. The molecular weight excluding hydrogens is 288 g/mol. The average Bonchev–Trinajstić information content (AvgIpc) is 2.49. The van der Waals surface area contributed by atoms with Crippen molar-refractivity contribution in [2.45, 2.75) is 0 Å². The predicted molar refractivity (Wildman–Crippen MR) is 68.6 cm³/mol. The summed E-state index contributed by atoms with van der Waals surface area (Å²) in [5, 5.41) is 2.16. The Morgan fingerprint density at radius 1 is 1.14 bits per heavy atom. The third-order valence-corrected chi connectivity index (χ3v) is 2.40. The first-order chi connectivity index (χ1) is 9.94. The summed E-state index contributed by atoms with van der Waals surface area (Å²) in [4.78, 5) is 22.7. The first-order valence-corrected chi connectivity index (χ1v) is 5.61. The van der Waals surface area contributed by atoms with Gasteiger partial charge in [-0.25, -0.2) is 18.4 Å². The Bertz CT molecular complexity index is 586. The van der Waals surface area contributed by atoms with Crippen LogP contribution in [0.3, 0.4) is 0 Å². The van der Waals surface area contributed by atoms with E-state index in [1.165, 1.54) is 7.11 Å². The molecule has 0 saturated heterocycles. The van der Waals surface area contributed by atoms with Gasteiger partial charge in [0, 0.05) is 0 Å². The van der Waals surface area contributed by atoms with Gasteiger partial charge in [0.15, 0.2) is 11.6 Å². The fraction of sp³-hybridized carbons (Fsp3) is 0.231. The van der Waals surface area contributed by atoms with Crippen LogP contribution < -0.4 is 10.1 Å². The number of hydrogen-bond donors (Lipinski definition) is 1. The highest BCUT2D eigenvalue weighted by molar-refractivity contribution is 5.98. The highest BCUT2D eigenvalue weighted by atomic mass is 19.1. The molecule has 8 heteroatoms. The third kappa shape index (κ3) is 3.91. The van der Waals surface area contributed by atoms with Crippen molar-refractivity contribution in [2.24, 2.45) is 0 Å². The third-order valence-electron chi connectivity index (χ3n) is 2.40. The van der Waals surface area contributed by atoms with Crippen LogP contribution >= 0.6 is 0 Å². The molecule has 1 aromatic carbocycles. The van der Waals surface area contributed by atoms with Gasteiger partial charge in [-0.1, -0.05) is 0 Å². The first kappa shape index (κ1) is 16.4. The minimum Gasteiger partial charge on any atom is -0.494 e. The van der Waals surface area contributed by atoms with E-state index >= 15 is 0 Å². The molecule has 0 radical (unpaired) electrons. The Hall–Kier alpha value is -2.64. The number of esters is 2. The molecule has 1 rings (SSSR count). The Morgan fingerprint density at radius 2 is 1.81 bits per heavy atom. The van der Waals surface area contributed by atoms with Crippen LogP contribution in [-0.4, -0.2) is 33.3 Å². The number of carbonyl (C=O) groups is 2. The quantitative estimate of drug-likeness (QED) is 0.658. The summed E-state index contributed by atoms with van der Waals surface area (Å²) in [6, 6.07) is 2.02. The molecule has 0 aromatic heterocycles. The van der Waals surface area contributed by atoms with Crippen molar-refractivity contribution in [3.8, 4) is 5.75 Å². The topological polar surface area (TPSA) is 73.9 Å². The highest BCUT2D eigenvalue weighted by Crippen LogP contribution is 2.28. The highest BCUT2D eigenvalue weighted by Gasteiger charge is 2.19. The van der Waals surface area contributed by atoms with E-state index in [9.17, 15) is 18.4 Å². The molecule has 0 saturated carbocycles. The zero-order chi connectivity index (χ0) is 16.0. The summed E-state index contributed by atoms with van der Waals surface area (Å²) in [6.07, 6.45) is 0.712. The molecule has 0 spiro atoms. The van der Waals surface area contributed by atoms with Crippen LogP contribution in [0.2, 0.25) is 0 Å². The van der Waals surface area contributed by atoms with Crippen molar-refractivity contribution in [1.29, 1.82) is 0 Å². The fourth-order valence-electron chi connectivity index (χ4n) is 1.37. The maximum absolute atomic E-state index is 14.0. The second-order valence-electron chi connectivity index (χ2n) is 3.64. The minimum atomic E-state index is -1.06. The summed E-state index contributed by atoms with van der Waals surface area (Å²) >= 11 is 0. The van der Waals surface area contributed by atoms with Crippen molar-refractivity contribution in [2.75, 3.05) is 26.6 Å². The number of benzene rings is 1. The molecular formula is C13H13F2NO5. The monoisotopic (exact) mass is 301 g/mol. The largest absolute Gasteiger partial charge is 0.494 e. The predicted octanol–water partition coefficient (Wildman–Crippen LogP) is 1.62. The van der Waals surface area contributed by atoms with Gasteiger partial charge < -0.3 is 19.5 Å². The van der Waals surface area contributed by atoms with Crippen LogP contribution in [0.25, 0.3) is 0 Å². The van der Waals surface area contributed by atoms with Crippen molar-refractivity contribution < 1.29 is 32.6 Å². The van der Waals surface area contributed by atoms with Crippen LogP contribution in [-0.2, 0) is 19.1 Å². The van der Waals surface area contributed by atoms with Gasteiger partial charge in [-0.3, -0.25) is 0 Å². The van der Waals surface area contributed by atoms with Crippen molar-refractivity contribution in [3.05, 3.63) is 35.5 Å². The van der Waals surface area contributed by atoms with Crippen LogP contribution in [0.15, 0.2) is 23.9 Å². The number of rotatable bonds is 5. The van der Waals surface area contributed by atoms with E-state index in [4.69, 9.17) is 4.74 Å². The van der Waals surface area contributed by atoms with Crippen LogP contribution in [0.1, 0.15) is 0 Å². The molecule has 0 fully saturated rings. The molecule has 0 aliphatic rings. The SMILES string of the molecule is COC(=O)/C=C(/Nc1c(F)ccc(OC)c1F)C(=O)OC. The van der Waals surface area contributed by atoms with Gasteiger partial charge in [0.25, 0.3) is 0 Å². The molecule has 6 nitrogen and oxygen atoms in total. The Balaban J connectivity index is 3.24. The zero-order valence-corrected chi connectivity index (χ0v) is 11.5. The van der Waals surface area contributed by atoms with Crippen LogP contribution in [0.4, 0.5) is 14.5 Å². The van der Waals surface area contributed by atoms with E-state index < -0.39 is 35.0 Å². The number of halogens is 2. The summed E-state index contributed by atoms with van der Waals surface area (Å²) in [6.45, 7) is 0. The standard InChI is InChI=1S/C13H13F2NO5/c1-19-9-5-4-7(14)12(11(9)15)16-8(13(18)21-3)6-10(17)20-2/h4-6,16H,1-3H3/b8-6+. The van der Waals surface area contributed by atoms with E-state index in [2.05, 4.69) is 14.8 Å². The lowest BCUT2D eigenvalue weighted by Crippen LogP contribution is -2.17. The Morgan fingerprint density at radius 3 is 2.33 bits per heavy atom. The molecule has 21 heavy (non-hydrogen) atoms. The average molecular weight is 301 g/mol. The molecule has 0 heterocycles. The van der Waals surface area contributed by atoms with Crippen molar-refractivity contribution in [3.63, 3.8) is 0 Å². The molecule has 1 aromatic rings. The lowest BCUT2D eigenvalue weighted by molar-refractivity contribution is -0.138. The fourth-order valence-corrected chi connectivity index (χ4v) is 1.37. The van der Waals surface area contributed by atoms with Gasteiger partial charge in [0.1, 0.15) is 17.2 Å². The summed E-state index contributed by atoms with van der Waals surface area (Å²) in [5.41, 5.74) is -1.15. The minimum absolute atomic E-state index is 0.235. The van der Waals surface area contributed by atoms with E-state index in [1.54, 1.807) is 0 Å². The molecule has 0 amide bonds. The van der Waals surface area contributed by atoms with E-state index in [1.807, 2.05) is 0 Å². The molecule has 1 N–H and O–H groups in total. The smallest absolute Gasteiger partial charge is 0.354 e. The molecule has 0 aliphatic carbocycles. The van der Waals surface area contributed by atoms with Gasteiger partial charge in [-0.05, 0) is 12.1 Å². The van der Waals surface area contributed by atoms with Gasteiger partial charge in [0.05, 0.1) is 27.4 Å². The first-order valence-electron chi connectivity index (χ1n) is 5.61. The van der Waals surface area contributed by atoms with Gasteiger partial charge in [-0.2, -0.15) is 0 Å².